The molecule has 1 N–H and O–H groups in total. The summed E-state index contributed by atoms with van der Waals surface area (Å²) >= 11 is 0. The Bertz CT molecular complexity index is 1490. The van der Waals surface area contributed by atoms with Gasteiger partial charge in [0.05, 0.1) is 10.5 Å². The van der Waals surface area contributed by atoms with Crippen molar-refractivity contribution >= 4 is 26.7 Å². The van der Waals surface area contributed by atoms with Gasteiger partial charge in [-0.2, -0.15) is 13.2 Å². The number of fused-ring (bicyclic) bond motifs is 1. The molecule has 5 nitrogen and oxygen atoms in total. The summed E-state index contributed by atoms with van der Waals surface area (Å²) in [6.45, 7) is 2.01. The van der Waals surface area contributed by atoms with Gasteiger partial charge in [0.2, 0.25) is 0 Å². The van der Waals surface area contributed by atoms with Crippen molar-refractivity contribution in [3.8, 4) is 0 Å². The van der Waals surface area contributed by atoms with Crippen molar-refractivity contribution in [2.24, 2.45) is 0 Å². The normalized spacial score (nSPS) is 12.1. The monoisotopic (exact) mass is 487 g/mol. The Morgan fingerprint density at radius 2 is 1.47 bits per heavy atom. The topological polar surface area (TPSA) is 76.4 Å². The number of benzene rings is 3. The van der Waals surface area contributed by atoms with Crippen LogP contribution in [0.3, 0.4) is 0 Å². The van der Waals surface area contributed by atoms with Gasteiger partial charge >= 0.3 is 11.8 Å². The van der Waals surface area contributed by atoms with E-state index in [0.717, 1.165) is 12.0 Å². The molecule has 0 saturated heterocycles. The third-order valence-electron chi connectivity index (χ3n) is 5.37. The minimum atomic E-state index is -4.70. The number of hydrogen-bond donors (Lipinski definition) is 1. The average molecular weight is 487 g/mol. The smallest absolute Gasteiger partial charge is 0.417 e. The Hall–Kier alpha value is -3.59. The number of halogens is 3. The maximum atomic E-state index is 13.4. The second-order valence-electron chi connectivity index (χ2n) is 7.78. The molecule has 4 aromatic rings. The van der Waals surface area contributed by atoms with Gasteiger partial charge in [0.15, 0.2) is 0 Å². The molecular weight excluding hydrogens is 467 g/mol. The van der Waals surface area contributed by atoms with Crippen LogP contribution in [0.1, 0.15) is 29.2 Å². The predicted molar refractivity (Wildman–Crippen MR) is 123 cm³/mol. The number of anilines is 1. The van der Waals surface area contributed by atoms with Crippen molar-refractivity contribution < 1.29 is 26.0 Å². The molecule has 0 fully saturated rings. The van der Waals surface area contributed by atoms with Gasteiger partial charge in [-0.1, -0.05) is 37.3 Å². The summed E-state index contributed by atoms with van der Waals surface area (Å²) in [6, 6.07) is 17.8. The van der Waals surface area contributed by atoms with E-state index in [-0.39, 0.29) is 22.3 Å². The first-order valence-corrected chi connectivity index (χ1v) is 11.9. The molecule has 0 aliphatic carbocycles. The molecule has 0 aliphatic heterocycles. The Morgan fingerprint density at radius 3 is 2.09 bits per heavy atom. The van der Waals surface area contributed by atoms with E-state index in [1.165, 1.54) is 24.3 Å². The summed E-state index contributed by atoms with van der Waals surface area (Å²) in [5, 5.41) is -0.206. The number of aryl methyl sites for hydroxylation is 1. The van der Waals surface area contributed by atoms with Crippen LogP contribution in [-0.4, -0.2) is 8.42 Å². The zero-order valence-electron chi connectivity index (χ0n) is 18.0. The minimum absolute atomic E-state index is 0.0652. The highest BCUT2D eigenvalue weighted by molar-refractivity contribution is 7.92. The largest absolute Gasteiger partial charge is 0.423 e. The lowest BCUT2D eigenvalue weighted by Gasteiger charge is -2.11. The Balaban J connectivity index is 1.56. The first kappa shape index (κ1) is 23.6. The van der Waals surface area contributed by atoms with Gasteiger partial charge < -0.3 is 4.42 Å². The second kappa shape index (κ2) is 8.98. The van der Waals surface area contributed by atoms with Crippen LogP contribution in [-0.2, 0) is 29.0 Å². The third kappa shape index (κ3) is 5.14. The van der Waals surface area contributed by atoms with Crippen molar-refractivity contribution in [3.05, 3.63) is 105 Å². The Kier molecular flexibility index (Phi) is 6.22. The zero-order chi connectivity index (χ0) is 24.5. The molecule has 0 bridgehead atoms. The summed E-state index contributed by atoms with van der Waals surface area (Å²) in [4.78, 5) is 11.5. The molecule has 4 rings (SSSR count). The molecule has 0 saturated carbocycles. The van der Waals surface area contributed by atoms with Crippen LogP contribution in [0.5, 0.6) is 0 Å². The summed E-state index contributed by atoms with van der Waals surface area (Å²) in [7, 11) is -3.79. The Labute approximate surface area is 193 Å². The first-order chi connectivity index (χ1) is 16.0. The van der Waals surface area contributed by atoms with Gasteiger partial charge in [-0.15, -0.1) is 0 Å². The quantitative estimate of drug-likeness (QED) is 0.351. The van der Waals surface area contributed by atoms with Crippen LogP contribution in [0, 0.1) is 0 Å². The standard InChI is InChI=1S/C25H20F3NO4S/c1-2-16-3-8-19(9-4-16)29-34(31,32)20-10-5-17(6-11-20)13-18-7-12-23-21(14-18)22(25(26,27)28)15-24(30)33-23/h3-12,14-15,29H,2,13H2,1H3. The highest BCUT2D eigenvalue weighted by Gasteiger charge is 2.33. The van der Waals surface area contributed by atoms with Gasteiger partial charge in [0.25, 0.3) is 10.0 Å². The zero-order valence-corrected chi connectivity index (χ0v) is 18.8. The number of hydrogen-bond acceptors (Lipinski definition) is 4. The fourth-order valence-corrected chi connectivity index (χ4v) is 4.66. The van der Waals surface area contributed by atoms with E-state index in [9.17, 15) is 26.4 Å². The SMILES string of the molecule is CCc1ccc(NS(=O)(=O)c2ccc(Cc3ccc4oc(=O)cc(C(F)(F)F)c4c3)cc2)cc1. The Morgan fingerprint density at radius 1 is 0.853 bits per heavy atom. The summed E-state index contributed by atoms with van der Waals surface area (Å²) in [6.07, 6.45) is -3.59. The van der Waals surface area contributed by atoms with Gasteiger partial charge in [-0.05, 0) is 65.9 Å². The maximum Gasteiger partial charge on any atom is 0.417 e. The molecule has 0 radical (unpaired) electrons. The van der Waals surface area contributed by atoms with E-state index in [0.29, 0.717) is 22.9 Å². The molecule has 34 heavy (non-hydrogen) atoms. The fraction of sp³-hybridized carbons (Fsp3) is 0.160. The summed E-state index contributed by atoms with van der Waals surface area (Å²) in [5.41, 5.74) is 0.519. The molecule has 0 atom stereocenters. The van der Waals surface area contributed by atoms with Crippen LogP contribution >= 0.6 is 0 Å². The molecule has 0 unspecified atom stereocenters. The molecule has 0 spiro atoms. The molecule has 3 aromatic carbocycles. The van der Waals surface area contributed by atoms with Crippen LogP contribution in [0.15, 0.2) is 86.9 Å². The van der Waals surface area contributed by atoms with Gasteiger partial charge in [0.1, 0.15) is 5.58 Å². The molecule has 1 aromatic heterocycles. The summed E-state index contributed by atoms with van der Waals surface area (Å²) in [5.74, 6) is 0. The second-order valence-corrected chi connectivity index (χ2v) is 9.47. The van der Waals surface area contributed by atoms with Gasteiger partial charge in [-0.25, -0.2) is 13.2 Å². The van der Waals surface area contributed by atoms with E-state index >= 15 is 0 Å². The molecule has 0 aliphatic rings. The lowest BCUT2D eigenvalue weighted by molar-refractivity contribution is -0.136. The van der Waals surface area contributed by atoms with Crippen molar-refractivity contribution in [3.63, 3.8) is 0 Å². The van der Waals surface area contributed by atoms with Crippen LogP contribution in [0.25, 0.3) is 11.0 Å². The van der Waals surface area contributed by atoms with Crippen LogP contribution < -0.4 is 10.3 Å². The number of nitrogens with one attached hydrogen (secondary N) is 1. The maximum absolute atomic E-state index is 13.4. The van der Waals surface area contributed by atoms with Crippen molar-refractivity contribution in [2.75, 3.05) is 4.72 Å². The lowest BCUT2D eigenvalue weighted by Crippen LogP contribution is -2.13. The van der Waals surface area contributed by atoms with E-state index in [1.807, 2.05) is 19.1 Å². The van der Waals surface area contributed by atoms with E-state index < -0.39 is 27.4 Å². The first-order valence-electron chi connectivity index (χ1n) is 10.4. The van der Waals surface area contributed by atoms with Crippen molar-refractivity contribution in [2.45, 2.75) is 30.8 Å². The molecule has 1 heterocycles. The lowest BCUT2D eigenvalue weighted by atomic mass is 10.0. The van der Waals surface area contributed by atoms with E-state index in [1.54, 1.807) is 30.3 Å². The average Bonchev–Trinajstić information content (AvgIpc) is 2.79. The van der Waals surface area contributed by atoms with Crippen molar-refractivity contribution in [1.29, 1.82) is 0 Å². The highest BCUT2D eigenvalue weighted by atomic mass is 32.2. The van der Waals surface area contributed by atoms with Crippen LogP contribution in [0.4, 0.5) is 18.9 Å². The molecule has 176 valence electrons. The van der Waals surface area contributed by atoms with E-state index in [4.69, 9.17) is 4.42 Å². The number of sulfonamides is 1. The number of rotatable bonds is 6. The predicted octanol–water partition coefficient (Wildman–Crippen LogP) is 5.77. The molecule has 9 heteroatoms. The van der Waals surface area contributed by atoms with Gasteiger partial charge in [0, 0.05) is 17.1 Å². The fourth-order valence-electron chi connectivity index (χ4n) is 3.60. The minimum Gasteiger partial charge on any atom is -0.423 e. The van der Waals surface area contributed by atoms with Crippen molar-refractivity contribution in [1.82, 2.24) is 0 Å². The highest BCUT2D eigenvalue weighted by Crippen LogP contribution is 2.34. The molecular formula is C25H20F3NO4S. The summed E-state index contributed by atoms with van der Waals surface area (Å²) < 4.78 is 72.9. The van der Waals surface area contributed by atoms with Gasteiger partial charge in [-0.3, -0.25) is 4.72 Å². The molecule has 0 amide bonds. The number of alkyl halides is 3. The third-order valence-corrected chi connectivity index (χ3v) is 6.77. The van der Waals surface area contributed by atoms with E-state index in [2.05, 4.69) is 4.72 Å². The van der Waals surface area contributed by atoms with Crippen LogP contribution in [0.2, 0.25) is 0 Å².